The highest BCUT2D eigenvalue weighted by Crippen LogP contribution is 2.37. The van der Waals surface area contributed by atoms with Crippen LogP contribution in [-0.2, 0) is 9.59 Å². The van der Waals surface area contributed by atoms with Crippen molar-refractivity contribution in [3.8, 4) is 5.75 Å². The van der Waals surface area contributed by atoms with Gasteiger partial charge in [-0.25, -0.2) is 4.90 Å². The summed E-state index contributed by atoms with van der Waals surface area (Å²) in [5, 5.41) is 0. The van der Waals surface area contributed by atoms with E-state index in [1.54, 1.807) is 31.4 Å². The van der Waals surface area contributed by atoms with Gasteiger partial charge in [0.25, 0.3) is 11.8 Å². The molecule has 2 aliphatic rings. The molecule has 0 saturated carbocycles. The summed E-state index contributed by atoms with van der Waals surface area (Å²) >= 11 is 0. The zero-order valence-corrected chi connectivity index (χ0v) is 17.1. The smallest absolute Gasteiger partial charge is 0.282 e. The summed E-state index contributed by atoms with van der Waals surface area (Å²) in [6.45, 7) is 5.78. The minimum atomic E-state index is -0.277. The summed E-state index contributed by atoms with van der Waals surface area (Å²) < 4.78 is 5.29. The predicted molar refractivity (Wildman–Crippen MR) is 114 cm³/mol. The highest BCUT2D eigenvalue weighted by molar-refractivity contribution is 6.45. The number of rotatable bonds is 4. The van der Waals surface area contributed by atoms with Crippen LogP contribution in [0.15, 0.2) is 54.2 Å². The average molecular weight is 390 g/mol. The van der Waals surface area contributed by atoms with Gasteiger partial charge < -0.3 is 9.64 Å². The molecule has 0 aliphatic carbocycles. The van der Waals surface area contributed by atoms with Crippen LogP contribution in [0.5, 0.6) is 5.75 Å². The van der Waals surface area contributed by atoms with Crippen molar-refractivity contribution in [1.29, 1.82) is 0 Å². The molecule has 0 bridgehead atoms. The Bertz CT molecular complexity index is 978. The molecule has 5 heteroatoms. The van der Waals surface area contributed by atoms with E-state index in [0.29, 0.717) is 28.6 Å². The van der Waals surface area contributed by atoms with Gasteiger partial charge in [0, 0.05) is 19.2 Å². The second kappa shape index (κ2) is 7.74. The van der Waals surface area contributed by atoms with Gasteiger partial charge in [-0.2, -0.15) is 0 Å². The number of aryl methyl sites for hydroxylation is 1. The second-order valence-corrected chi connectivity index (χ2v) is 7.93. The standard InChI is InChI=1S/C24H26N2O3/c1-16-9-11-18(12-10-16)21-22(25-13-5-6-17(2)15-25)24(28)26(23(21)27)19-7-4-8-20(14-19)29-3/h4,7-12,14,17H,5-6,13,15H2,1-3H3. The third-order valence-corrected chi connectivity index (χ3v) is 5.68. The second-order valence-electron chi connectivity index (χ2n) is 7.93. The van der Waals surface area contributed by atoms with E-state index in [0.717, 1.165) is 37.1 Å². The van der Waals surface area contributed by atoms with Crippen molar-refractivity contribution in [3.63, 3.8) is 0 Å². The molecule has 2 aliphatic heterocycles. The SMILES string of the molecule is COc1cccc(N2C(=O)C(c3ccc(C)cc3)=C(N3CCCC(C)C3)C2=O)c1. The molecule has 2 aromatic carbocycles. The lowest BCUT2D eigenvalue weighted by Gasteiger charge is -2.33. The van der Waals surface area contributed by atoms with Crippen LogP contribution in [0.2, 0.25) is 0 Å². The molecule has 4 rings (SSSR count). The number of likely N-dealkylation sites (tertiary alicyclic amines) is 1. The lowest BCUT2D eigenvalue weighted by molar-refractivity contribution is -0.120. The first-order valence-electron chi connectivity index (χ1n) is 10.1. The summed E-state index contributed by atoms with van der Waals surface area (Å²) in [6.07, 6.45) is 2.16. The van der Waals surface area contributed by atoms with Crippen molar-refractivity contribution in [3.05, 3.63) is 65.4 Å². The molecular formula is C24H26N2O3. The predicted octanol–water partition coefficient (Wildman–Crippen LogP) is 4.02. The molecule has 1 atom stereocenters. The van der Waals surface area contributed by atoms with Crippen LogP contribution >= 0.6 is 0 Å². The van der Waals surface area contributed by atoms with Crippen LogP contribution in [0.1, 0.15) is 30.9 Å². The fraction of sp³-hybridized carbons (Fsp3) is 0.333. The highest BCUT2D eigenvalue weighted by Gasteiger charge is 2.43. The quantitative estimate of drug-likeness (QED) is 0.740. The fourth-order valence-electron chi connectivity index (χ4n) is 4.17. The molecule has 5 nitrogen and oxygen atoms in total. The van der Waals surface area contributed by atoms with Gasteiger partial charge in [0.15, 0.2) is 0 Å². The number of amides is 2. The number of nitrogens with zero attached hydrogens (tertiary/aromatic N) is 2. The summed E-state index contributed by atoms with van der Waals surface area (Å²) in [4.78, 5) is 30.4. The van der Waals surface area contributed by atoms with E-state index < -0.39 is 0 Å². The molecule has 0 aromatic heterocycles. The molecule has 1 unspecified atom stereocenters. The first kappa shape index (κ1) is 19.2. The number of hydrogen-bond donors (Lipinski definition) is 0. The largest absolute Gasteiger partial charge is 0.497 e. The Kier molecular flexibility index (Phi) is 5.14. The van der Waals surface area contributed by atoms with Crippen LogP contribution in [-0.4, -0.2) is 36.9 Å². The summed E-state index contributed by atoms with van der Waals surface area (Å²) in [5.74, 6) is 0.567. The number of carbonyl (C=O) groups excluding carboxylic acids is 2. The molecule has 150 valence electrons. The Morgan fingerprint density at radius 1 is 1.03 bits per heavy atom. The normalized spacial score (nSPS) is 19.9. The molecule has 0 N–H and O–H groups in total. The molecule has 2 aromatic rings. The van der Waals surface area contributed by atoms with Gasteiger partial charge in [-0.1, -0.05) is 42.8 Å². The van der Waals surface area contributed by atoms with Gasteiger partial charge in [0.2, 0.25) is 0 Å². The van der Waals surface area contributed by atoms with Crippen molar-refractivity contribution in [1.82, 2.24) is 4.90 Å². The Hall–Kier alpha value is -3.08. The van der Waals surface area contributed by atoms with E-state index in [1.807, 2.05) is 31.2 Å². The molecule has 1 saturated heterocycles. The van der Waals surface area contributed by atoms with E-state index in [-0.39, 0.29) is 11.8 Å². The maximum Gasteiger partial charge on any atom is 0.282 e. The van der Waals surface area contributed by atoms with Gasteiger partial charge >= 0.3 is 0 Å². The fourth-order valence-corrected chi connectivity index (χ4v) is 4.17. The minimum absolute atomic E-state index is 0.257. The van der Waals surface area contributed by atoms with Crippen LogP contribution in [0.3, 0.4) is 0 Å². The maximum absolute atomic E-state index is 13.5. The molecule has 1 fully saturated rings. The monoisotopic (exact) mass is 390 g/mol. The number of methoxy groups -OCH3 is 1. The van der Waals surface area contributed by atoms with Crippen LogP contribution in [0.25, 0.3) is 5.57 Å². The first-order valence-corrected chi connectivity index (χ1v) is 10.1. The molecule has 2 amide bonds. The number of anilines is 1. The maximum atomic E-state index is 13.5. The van der Waals surface area contributed by atoms with Crippen LogP contribution < -0.4 is 9.64 Å². The summed E-state index contributed by atoms with van der Waals surface area (Å²) in [5.41, 5.74) is 3.45. The molecule has 29 heavy (non-hydrogen) atoms. The van der Waals surface area contributed by atoms with E-state index in [2.05, 4.69) is 11.8 Å². The van der Waals surface area contributed by atoms with E-state index in [4.69, 9.17) is 4.74 Å². The van der Waals surface area contributed by atoms with Crippen molar-refractivity contribution in [2.24, 2.45) is 5.92 Å². The number of piperidine rings is 1. The lowest BCUT2D eigenvalue weighted by atomic mass is 9.97. The van der Waals surface area contributed by atoms with Crippen LogP contribution in [0.4, 0.5) is 5.69 Å². The zero-order valence-electron chi connectivity index (χ0n) is 17.1. The van der Waals surface area contributed by atoms with Gasteiger partial charge in [-0.05, 0) is 43.4 Å². The Balaban J connectivity index is 1.82. The number of ether oxygens (including phenoxy) is 1. The number of benzene rings is 2. The molecule has 2 heterocycles. The Morgan fingerprint density at radius 3 is 2.48 bits per heavy atom. The molecular weight excluding hydrogens is 364 g/mol. The number of imide groups is 1. The third-order valence-electron chi connectivity index (χ3n) is 5.68. The Labute approximate surface area is 171 Å². The molecule has 0 spiro atoms. The van der Waals surface area contributed by atoms with E-state index in [1.165, 1.54) is 4.90 Å². The van der Waals surface area contributed by atoms with Gasteiger partial charge in [0.05, 0.1) is 18.4 Å². The Morgan fingerprint density at radius 2 is 1.79 bits per heavy atom. The summed E-state index contributed by atoms with van der Waals surface area (Å²) in [6, 6.07) is 14.9. The van der Waals surface area contributed by atoms with Gasteiger partial charge in [-0.15, -0.1) is 0 Å². The lowest BCUT2D eigenvalue weighted by Crippen LogP contribution is -2.39. The van der Waals surface area contributed by atoms with Crippen molar-refractivity contribution >= 4 is 23.1 Å². The average Bonchev–Trinajstić information content (AvgIpc) is 2.99. The highest BCUT2D eigenvalue weighted by atomic mass is 16.5. The van der Waals surface area contributed by atoms with E-state index >= 15 is 0 Å². The van der Waals surface area contributed by atoms with Gasteiger partial charge in [0.1, 0.15) is 11.4 Å². The minimum Gasteiger partial charge on any atom is -0.497 e. The molecule has 0 radical (unpaired) electrons. The summed E-state index contributed by atoms with van der Waals surface area (Å²) in [7, 11) is 1.57. The third kappa shape index (κ3) is 3.53. The van der Waals surface area contributed by atoms with E-state index in [9.17, 15) is 9.59 Å². The van der Waals surface area contributed by atoms with Crippen molar-refractivity contribution in [2.45, 2.75) is 26.7 Å². The zero-order chi connectivity index (χ0) is 20.5. The van der Waals surface area contributed by atoms with Crippen LogP contribution in [0, 0.1) is 12.8 Å². The number of carbonyl (C=O) groups is 2. The van der Waals surface area contributed by atoms with Crippen molar-refractivity contribution in [2.75, 3.05) is 25.1 Å². The van der Waals surface area contributed by atoms with Gasteiger partial charge in [-0.3, -0.25) is 9.59 Å². The van der Waals surface area contributed by atoms with Crippen molar-refractivity contribution < 1.29 is 14.3 Å². The topological polar surface area (TPSA) is 49.9 Å². The first-order chi connectivity index (χ1) is 14.0. The number of hydrogen-bond acceptors (Lipinski definition) is 4.